The van der Waals surface area contributed by atoms with E-state index in [2.05, 4.69) is 178 Å². The Morgan fingerprint density at radius 1 is 0.380 bits per heavy atom. The third-order valence-electron chi connectivity index (χ3n) is 11.5. The second kappa shape index (κ2) is 10.3. The highest BCUT2D eigenvalue weighted by molar-refractivity contribution is 6.14. The van der Waals surface area contributed by atoms with Crippen LogP contribution >= 0.6 is 0 Å². The number of furan rings is 1. The van der Waals surface area contributed by atoms with Gasteiger partial charge in [0.25, 0.3) is 0 Å². The van der Waals surface area contributed by atoms with Crippen LogP contribution in [0.3, 0.4) is 0 Å². The Morgan fingerprint density at radius 3 is 1.46 bits per heavy atom. The number of rotatable bonds is 4. The molecule has 0 saturated carbocycles. The van der Waals surface area contributed by atoms with E-state index in [0.717, 1.165) is 38.8 Å². The molecule has 0 fully saturated rings. The lowest BCUT2D eigenvalue weighted by Gasteiger charge is -2.32. The summed E-state index contributed by atoms with van der Waals surface area (Å²) in [6, 6.07) is 55.6. The molecule has 0 amide bonds. The average Bonchev–Trinajstić information content (AvgIpc) is 3.73. The molecule has 0 aliphatic heterocycles. The van der Waals surface area contributed by atoms with Crippen molar-refractivity contribution >= 4 is 39.0 Å². The first-order chi connectivity index (χ1) is 24.4. The highest BCUT2D eigenvalue weighted by Gasteiger charge is 2.41. The zero-order chi connectivity index (χ0) is 33.8. The molecule has 7 aromatic carbocycles. The summed E-state index contributed by atoms with van der Waals surface area (Å²) in [5.41, 5.74) is 18.1. The molecule has 1 heterocycles. The number of hydrogen-bond acceptors (Lipinski definition) is 2. The van der Waals surface area contributed by atoms with Crippen LogP contribution in [-0.2, 0) is 10.8 Å². The minimum atomic E-state index is -0.123. The number of anilines is 3. The molecule has 0 radical (unpaired) electrons. The van der Waals surface area contributed by atoms with Crippen molar-refractivity contribution in [2.45, 2.75) is 38.5 Å². The predicted octanol–water partition coefficient (Wildman–Crippen LogP) is 13.3. The fourth-order valence-electron chi connectivity index (χ4n) is 9.13. The third-order valence-corrected chi connectivity index (χ3v) is 11.5. The number of nitrogens with zero attached hydrogens (tertiary/aromatic N) is 1. The average molecular weight is 644 g/mol. The Hall–Kier alpha value is -5.86. The molecule has 0 saturated heterocycles. The summed E-state index contributed by atoms with van der Waals surface area (Å²) in [7, 11) is 0. The Labute approximate surface area is 293 Å². The van der Waals surface area contributed by atoms with Gasteiger partial charge in [-0.05, 0) is 69.3 Å². The van der Waals surface area contributed by atoms with Gasteiger partial charge < -0.3 is 9.32 Å². The predicted molar refractivity (Wildman–Crippen MR) is 209 cm³/mol. The molecule has 0 atom stereocenters. The van der Waals surface area contributed by atoms with E-state index in [-0.39, 0.29) is 10.8 Å². The fraction of sp³-hybridized carbons (Fsp3) is 0.125. The van der Waals surface area contributed by atoms with Gasteiger partial charge in [0, 0.05) is 38.3 Å². The molecule has 240 valence electrons. The second-order valence-electron chi connectivity index (χ2n) is 14.9. The molecule has 2 aliphatic carbocycles. The monoisotopic (exact) mass is 643 g/mol. The fourth-order valence-corrected chi connectivity index (χ4v) is 9.13. The van der Waals surface area contributed by atoms with Crippen molar-refractivity contribution in [2.24, 2.45) is 0 Å². The van der Waals surface area contributed by atoms with Crippen LogP contribution in [0.5, 0.6) is 0 Å². The van der Waals surface area contributed by atoms with E-state index >= 15 is 0 Å². The summed E-state index contributed by atoms with van der Waals surface area (Å²) < 4.78 is 6.42. The van der Waals surface area contributed by atoms with Gasteiger partial charge in [-0.15, -0.1) is 0 Å². The van der Waals surface area contributed by atoms with Gasteiger partial charge in [-0.1, -0.05) is 149 Å². The molecule has 2 nitrogen and oxygen atoms in total. The van der Waals surface area contributed by atoms with Crippen LogP contribution in [-0.4, -0.2) is 0 Å². The van der Waals surface area contributed by atoms with Crippen LogP contribution in [0.4, 0.5) is 17.1 Å². The molecule has 0 spiro atoms. The van der Waals surface area contributed by atoms with E-state index in [0.29, 0.717) is 0 Å². The smallest absolute Gasteiger partial charge is 0.136 e. The first-order valence-corrected chi connectivity index (χ1v) is 17.6. The molecule has 2 heteroatoms. The summed E-state index contributed by atoms with van der Waals surface area (Å²) >= 11 is 0. The molecule has 0 bridgehead atoms. The Balaban J connectivity index is 1.33. The highest BCUT2D eigenvalue weighted by Crippen LogP contribution is 2.59. The van der Waals surface area contributed by atoms with Crippen LogP contribution in [0.1, 0.15) is 49.9 Å². The maximum absolute atomic E-state index is 6.42. The summed E-state index contributed by atoms with van der Waals surface area (Å²) in [6.07, 6.45) is 0. The van der Waals surface area contributed by atoms with Gasteiger partial charge in [0.1, 0.15) is 11.2 Å². The third kappa shape index (κ3) is 3.85. The molecule has 1 aromatic heterocycles. The van der Waals surface area contributed by atoms with Crippen molar-refractivity contribution in [3.63, 3.8) is 0 Å². The maximum Gasteiger partial charge on any atom is 0.136 e. The molecule has 0 unspecified atom stereocenters. The van der Waals surface area contributed by atoms with E-state index < -0.39 is 0 Å². The first kappa shape index (κ1) is 29.1. The summed E-state index contributed by atoms with van der Waals surface area (Å²) in [6.45, 7) is 9.46. The zero-order valence-electron chi connectivity index (χ0n) is 28.8. The molecular weight excluding hydrogens is 607 g/mol. The van der Waals surface area contributed by atoms with E-state index in [1.54, 1.807) is 0 Å². The topological polar surface area (TPSA) is 16.4 Å². The molecule has 10 rings (SSSR count). The Kier molecular flexibility index (Phi) is 6.01. The zero-order valence-corrected chi connectivity index (χ0v) is 28.8. The van der Waals surface area contributed by atoms with Crippen molar-refractivity contribution < 1.29 is 4.42 Å². The standard InChI is InChI=1S/C48H37NO/c1-47(2)35-21-9-5-17-32(35)45-37(47)23-14-26-40(45)49(41-27-15-24-38-46(41)33-18-6-10-22-36(33)48(38,3)4)39-25-11-7-16-30(39)31-20-13-29-43-44(31)34-19-8-12-28-42(34)50-43/h5-29H,1-4H3. The van der Waals surface area contributed by atoms with E-state index in [1.165, 1.54) is 55.9 Å². The molecule has 50 heavy (non-hydrogen) atoms. The summed E-state index contributed by atoms with van der Waals surface area (Å²) in [5, 5.41) is 2.28. The maximum atomic E-state index is 6.42. The van der Waals surface area contributed by atoms with Gasteiger partial charge in [0.2, 0.25) is 0 Å². The lowest BCUT2D eigenvalue weighted by molar-refractivity contribution is 0.660. The Morgan fingerprint density at radius 2 is 0.820 bits per heavy atom. The lowest BCUT2D eigenvalue weighted by Crippen LogP contribution is -2.17. The van der Waals surface area contributed by atoms with Gasteiger partial charge in [-0.25, -0.2) is 0 Å². The van der Waals surface area contributed by atoms with Crippen LogP contribution in [0.15, 0.2) is 156 Å². The SMILES string of the molecule is CC1(C)c2ccccc2-c2c(N(c3ccccc3-c3cccc4oc5ccccc5c34)c3cccc4c3-c3ccccc3C4(C)C)cccc21. The van der Waals surface area contributed by atoms with E-state index in [1.807, 2.05) is 6.07 Å². The van der Waals surface area contributed by atoms with Gasteiger partial charge >= 0.3 is 0 Å². The number of hydrogen-bond donors (Lipinski definition) is 0. The quantitative estimate of drug-likeness (QED) is 0.190. The second-order valence-corrected chi connectivity index (χ2v) is 14.9. The first-order valence-electron chi connectivity index (χ1n) is 17.6. The summed E-state index contributed by atoms with van der Waals surface area (Å²) in [4.78, 5) is 2.56. The lowest BCUT2D eigenvalue weighted by atomic mass is 9.82. The molecular formula is C48H37NO. The van der Waals surface area contributed by atoms with E-state index in [9.17, 15) is 0 Å². The normalized spacial score (nSPS) is 14.7. The Bertz CT molecular complexity index is 2560. The van der Waals surface area contributed by atoms with Gasteiger partial charge in [-0.3, -0.25) is 0 Å². The van der Waals surface area contributed by atoms with Gasteiger partial charge in [0.05, 0.1) is 17.1 Å². The number of fused-ring (bicyclic) bond motifs is 9. The van der Waals surface area contributed by atoms with E-state index in [4.69, 9.17) is 4.42 Å². The van der Waals surface area contributed by atoms with Crippen molar-refractivity contribution in [3.05, 3.63) is 174 Å². The van der Waals surface area contributed by atoms with Crippen LogP contribution < -0.4 is 4.90 Å². The summed E-state index contributed by atoms with van der Waals surface area (Å²) in [5.74, 6) is 0. The van der Waals surface area contributed by atoms with Crippen molar-refractivity contribution in [3.8, 4) is 33.4 Å². The van der Waals surface area contributed by atoms with Gasteiger partial charge in [0.15, 0.2) is 0 Å². The van der Waals surface area contributed by atoms with Gasteiger partial charge in [-0.2, -0.15) is 0 Å². The van der Waals surface area contributed by atoms with Crippen LogP contribution in [0.25, 0.3) is 55.3 Å². The van der Waals surface area contributed by atoms with Crippen LogP contribution in [0, 0.1) is 0 Å². The van der Waals surface area contributed by atoms with Crippen molar-refractivity contribution in [1.82, 2.24) is 0 Å². The van der Waals surface area contributed by atoms with Crippen molar-refractivity contribution in [2.75, 3.05) is 4.90 Å². The number of para-hydroxylation sites is 2. The molecule has 8 aromatic rings. The minimum absolute atomic E-state index is 0.123. The van der Waals surface area contributed by atoms with Crippen LogP contribution in [0.2, 0.25) is 0 Å². The largest absolute Gasteiger partial charge is 0.456 e. The molecule has 0 N–H and O–H groups in total. The molecule has 2 aliphatic rings. The highest BCUT2D eigenvalue weighted by atomic mass is 16.3. The number of benzene rings is 7. The van der Waals surface area contributed by atoms with Crippen molar-refractivity contribution in [1.29, 1.82) is 0 Å². The minimum Gasteiger partial charge on any atom is -0.456 e.